The van der Waals surface area contributed by atoms with Gasteiger partial charge in [-0.15, -0.1) is 0 Å². The zero-order valence-electron chi connectivity index (χ0n) is 6.12. The Hall–Kier alpha value is -0.530. The van der Waals surface area contributed by atoms with Gasteiger partial charge in [0.2, 0.25) is 12.1 Å². The number of rotatable bonds is 1. The summed E-state index contributed by atoms with van der Waals surface area (Å²) in [6.45, 7) is -0.567. The van der Waals surface area contributed by atoms with Gasteiger partial charge in [0.15, 0.2) is 0 Å². The molecule has 0 aromatic carbocycles. The Morgan fingerprint density at radius 1 is 1.33 bits per heavy atom. The molecule has 0 saturated carbocycles. The number of ketones is 1. The van der Waals surface area contributed by atoms with Crippen LogP contribution in [-0.2, 0) is 9.53 Å². The van der Waals surface area contributed by atoms with Crippen LogP contribution in [0.5, 0.6) is 0 Å². The van der Waals surface area contributed by atoms with E-state index in [2.05, 4.69) is 4.74 Å². The molecule has 4 N–H and O–H groups in total. The Kier molecular flexibility index (Phi) is 2.76. The molecule has 1 heterocycles. The summed E-state index contributed by atoms with van der Waals surface area (Å²) in [4.78, 5) is 10.7. The monoisotopic (exact) mass is 178 g/mol. The van der Waals surface area contributed by atoms with E-state index in [0.29, 0.717) is 0 Å². The predicted octanol–water partition coefficient (Wildman–Crippen LogP) is -3.01. The summed E-state index contributed by atoms with van der Waals surface area (Å²) in [5.41, 5.74) is 0. The SMILES string of the molecule is O=C1C(O)O[C@H](CO)[C@H](O)[C@@H]1O. The maximum atomic E-state index is 10.7. The number of hydrogen-bond acceptors (Lipinski definition) is 6. The molecule has 12 heavy (non-hydrogen) atoms. The zero-order valence-corrected chi connectivity index (χ0v) is 6.12. The minimum Gasteiger partial charge on any atom is -0.394 e. The second kappa shape index (κ2) is 3.46. The van der Waals surface area contributed by atoms with Crippen molar-refractivity contribution in [3.05, 3.63) is 0 Å². The fraction of sp³-hybridized carbons (Fsp3) is 0.833. The van der Waals surface area contributed by atoms with Gasteiger partial charge in [-0.25, -0.2) is 0 Å². The van der Waals surface area contributed by atoms with E-state index < -0.39 is 37.0 Å². The van der Waals surface area contributed by atoms with Crippen molar-refractivity contribution >= 4 is 5.78 Å². The lowest BCUT2D eigenvalue weighted by Gasteiger charge is -2.32. The molecule has 4 atom stereocenters. The summed E-state index contributed by atoms with van der Waals surface area (Å²) >= 11 is 0. The van der Waals surface area contributed by atoms with E-state index in [-0.39, 0.29) is 0 Å². The van der Waals surface area contributed by atoms with Crippen molar-refractivity contribution in [3.8, 4) is 0 Å². The number of aliphatic hydroxyl groups is 4. The Bertz CT molecular complexity index is 181. The Labute approximate surface area is 68.0 Å². The number of aliphatic hydroxyl groups excluding tert-OH is 4. The number of hydrogen-bond donors (Lipinski definition) is 4. The highest BCUT2D eigenvalue weighted by Gasteiger charge is 2.42. The van der Waals surface area contributed by atoms with E-state index in [1.807, 2.05) is 0 Å². The first kappa shape index (κ1) is 9.56. The molecule has 0 spiro atoms. The molecular weight excluding hydrogens is 168 g/mol. The maximum absolute atomic E-state index is 10.7. The topological polar surface area (TPSA) is 107 Å². The molecule has 1 rings (SSSR count). The lowest BCUT2D eigenvalue weighted by Crippen LogP contribution is -2.56. The summed E-state index contributed by atoms with van der Waals surface area (Å²) in [5.74, 6) is -0.993. The van der Waals surface area contributed by atoms with Gasteiger partial charge in [-0.05, 0) is 0 Å². The van der Waals surface area contributed by atoms with Crippen molar-refractivity contribution in [2.24, 2.45) is 0 Å². The molecular formula is C6H10O6. The molecule has 1 aliphatic heterocycles. The summed E-state index contributed by atoms with van der Waals surface area (Å²) in [7, 11) is 0. The van der Waals surface area contributed by atoms with Gasteiger partial charge in [-0.1, -0.05) is 0 Å². The number of carbonyl (C=O) groups is 1. The molecule has 0 amide bonds. The second-order valence-electron chi connectivity index (χ2n) is 2.55. The van der Waals surface area contributed by atoms with Crippen LogP contribution in [0.1, 0.15) is 0 Å². The molecule has 0 aromatic heterocycles. The first-order valence-electron chi connectivity index (χ1n) is 3.42. The molecule has 0 aromatic rings. The minimum atomic E-state index is -1.76. The fourth-order valence-corrected chi connectivity index (χ4v) is 0.982. The summed E-state index contributed by atoms with van der Waals surface area (Å²) < 4.78 is 4.48. The van der Waals surface area contributed by atoms with E-state index in [0.717, 1.165) is 0 Å². The standard InChI is InChI=1S/C6H10O6/c7-1-2-3(8)4(9)5(10)6(11)12-2/h2-4,6-9,11H,1H2/t2-,3+,4+,6?/m1/s1. The second-order valence-corrected chi connectivity index (χ2v) is 2.55. The Morgan fingerprint density at radius 3 is 2.42 bits per heavy atom. The third kappa shape index (κ3) is 1.47. The van der Waals surface area contributed by atoms with Crippen molar-refractivity contribution in [2.75, 3.05) is 6.61 Å². The van der Waals surface area contributed by atoms with Crippen molar-refractivity contribution in [3.63, 3.8) is 0 Å². The minimum absolute atomic E-state index is 0.567. The van der Waals surface area contributed by atoms with Crippen LogP contribution < -0.4 is 0 Å². The van der Waals surface area contributed by atoms with E-state index in [4.69, 9.17) is 20.4 Å². The molecule has 1 saturated heterocycles. The first-order valence-corrected chi connectivity index (χ1v) is 3.42. The smallest absolute Gasteiger partial charge is 0.219 e. The van der Waals surface area contributed by atoms with Crippen LogP contribution in [-0.4, -0.2) is 57.4 Å². The molecule has 6 nitrogen and oxygen atoms in total. The molecule has 0 bridgehead atoms. The number of carbonyl (C=O) groups excluding carboxylic acids is 1. The third-order valence-electron chi connectivity index (χ3n) is 1.72. The molecule has 1 unspecified atom stereocenters. The van der Waals surface area contributed by atoms with Crippen molar-refractivity contribution in [2.45, 2.75) is 24.6 Å². The lowest BCUT2D eigenvalue weighted by molar-refractivity contribution is -0.226. The predicted molar refractivity (Wildman–Crippen MR) is 35.0 cm³/mol. The molecule has 1 fully saturated rings. The van der Waals surface area contributed by atoms with Crippen LogP contribution >= 0.6 is 0 Å². The van der Waals surface area contributed by atoms with E-state index >= 15 is 0 Å². The fourth-order valence-electron chi connectivity index (χ4n) is 0.982. The lowest BCUT2D eigenvalue weighted by atomic mass is 10.0. The molecule has 6 heteroatoms. The quantitative estimate of drug-likeness (QED) is 0.340. The van der Waals surface area contributed by atoms with Crippen LogP contribution in [0.3, 0.4) is 0 Å². The van der Waals surface area contributed by atoms with Crippen LogP contribution in [0, 0.1) is 0 Å². The van der Waals surface area contributed by atoms with Crippen LogP contribution in [0.25, 0.3) is 0 Å². The highest BCUT2D eigenvalue weighted by molar-refractivity contribution is 5.87. The van der Waals surface area contributed by atoms with Crippen molar-refractivity contribution < 1.29 is 30.0 Å². The highest BCUT2D eigenvalue weighted by Crippen LogP contribution is 2.15. The Balaban J connectivity index is 2.70. The van der Waals surface area contributed by atoms with Gasteiger partial charge in [0, 0.05) is 0 Å². The molecule has 1 aliphatic rings. The summed E-state index contributed by atoms with van der Waals surface area (Å²) in [6, 6.07) is 0. The van der Waals surface area contributed by atoms with Gasteiger partial charge in [-0.3, -0.25) is 4.79 Å². The van der Waals surface area contributed by atoms with Crippen molar-refractivity contribution in [1.29, 1.82) is 0 Å². The average Bonchev–Trinajstić information content (AvgIpc) is 2.08. The number of Topliss-reactive ketones (excluding diaryl/α,β-unsaturated/α-hetero) is 1. The van der Waals surface area contributed by atoms with Gasteiger partial charge >= 0.3 is 0 Å². The van der Waals surface area contributed by atoms with E-state index in [1.165, 1.54) is 0 Å². The van der Waals surface area contributed by atoms with Crippen LogP contribution in [0.15, 0.2) is 0 Å². The highest BCUT2D eigenvalue weighted by atomic mass is 16.6. The van der Waals surface area contributed by atoms with Crippen molar-refractivity contribution in [1.82, 2.24) is 0 Å². The van der Waals surface area contributed by atoms with Gasteiger partial charge in [-0.2, -0.15) is 0 Å². The maximum Gasteiger partial charge on any atom is 0.219 e. The van der Waals surface area contributed by atoms with Crippen LogP contribution in [0.4, 0.5) is 0 Å². The average molecular weight is 178 g/mol. The molecule has 0 radical (unpaired) electrons. The van der Waals surface area contributed by atoms with E-state index in [1.54, 1.807) is 0 Å². The molecule has 0 aliphatic carbocycles. The van der Waals surface area contributed by atoms with Crippen LogP contribution in [0.2, 0.25) is 0 Å². The van der Waals surface area contributed by atoms with E-state index in [9.17, 15) is 4.79 Å². The van der Waals surface area contributed by atoms with Gasteiger partial charge in [0.25, 0.3) is 0 Å². The summed E-state index contributed by atoms with van der Waals surface area (Å²) in [6.07, 6.45) is -6.05. The normalized spacial score (nSPS) is 43.2. The van der Waals surface area contributed by atoms with Gasteiger partial charge < -0.3 is 25.2 Å². The van der Waals surface area contributed by atoms with Gasteiger partial charge in [0.05, 0.1) is 6.61 Å². The van der Waals surface area contributed by atoms with Gasteiger partial charge in [0.1, 0.15) is 18.3 Å². The first-order chi connectivity index (χ1) is 5.57. The summed E-state index contributed by atoms with van der Waals surface area (Å²) in [5, 5.41) is 35.4. The largest absolute Gasteiger partial charge is 0.394 e. The zero-order chi connectivity index (χ0) is 9.30. The number of ether oxygens (including phenoxy) is 1. The Morgan fingerprint density at radius 2 is 1.92 bits per heavy atom. The molecule has 70 valence electrons. The third-order valence-corrected chi connectivity index (χ3v) is 1.72.